The van der Waals surface area contributed by atoms with Gasteiger partial charge >= 0.3 is 0 Å². The Hall–Kier alpha value is -2.73. The van der Waals surface area contributed by atoms with E-state index >= 15 is 0 Å². The maximum absolute atomic E-state index is 5.12. The average molecular weight is 519 g/mol. The highest BCUT2D eigenvalue weighted by atomic mass is 15.2. The van der Waals surface area contributed by atoms with Gasteiger partial charge in [-0.1, -0.05) is 49.8 Å². The Bertz CT molecular complexity index is 1050. The van der Waals surface area contributed by atoms with Gasteiger partial charge in [0, 0.05) is 51.2 Å². The normalized spacial score (nSPS) is 16.0. The summed E-state index contributed by atoms with van der Waals surface area (Å²) in [5.41, 5.74) is 4.96. The highest BCUT2D eigenvalue weighted by Crippen LogP contribution is 2.29. The van der Waals surface area contributed by atoms with E-state index in [9.17, 15) is 0 Å². The van der Waals surface area contributed by atoms with Gasteiger partial charge < -0.3 is 14.8 Å². The highest BCUT2D eigenvalue weighted by Gasteiger charge is 2.18. The molecule has 1 atom stereocenters. The summed E-state index contributed by atoms with van der Waals surface area (Å²) in [5.74, 6) is 2.86. The lowest BCUT2D eigenvalue weighted by Crippen LogP contribution is -2.31. The van der Waals surface area contributed by atoms with E-state index in [0.717, 1.165) is 68.5 Å². The molecule has 38 heavy (non-hydrogen) atoms. The van der Waals surface area contributed by atoms with Crippen molar-refractivity contribution in [3.05, 3.63) is 71.7 Å². The topological polar surface area (TPSA) is 58.3 Å². The number of aromatic nitrogens is 3. The van der Waals surface area contributed by atoms with E-state index in [0.29, 0.717) is 6.04 Å². The van der Waals surface area contributed by atoms with Crippen LogP contribution in [0.25, 0.3) is 0 Å². The molecule has 2 aromatic rings. The van der Waals surface area contributed by atoms with E-state index in [1.807, 2.05) is 25.6 Å². The molecule has 6 nitrogen and oxygen atoms in total. The number of imidazole rings is 1. The van der Waals surface area contributed by atoms with Crippen LogP contribution in [0.3, 0.4) is 0 Å². The molecule has 1 N–H and O–H groups in total. The van der Waals surface area contributed by atoms with E-state index in [2.05, 4.69) is 72.5 Å². The monoisotopic (exact) mass is 518 g/mol. The first-order chi connectivity index (χ1) is 18.4. The van der Waals surface area contributed by atoms with Crippen LogP contribution in [0.4, 0.5) is 0 Å². The molecule has 6 heteroatoms. The molecule has 2 aromatic heterocycles. The van der Waals surface area contributed by atoms with Gasteiger partial charge in [0.1, 0.15) is 11.5 Å². The number of allylic oxidation sites excluding steroid dienone is 1. The maximum atomic E-state index is 5.12. The van der Waals surface area contributed by atoms with Crippen molar-refractivity contribution in [2.75, 3.05) is 20.6 Å². The molecule has 1 fully saturated rings. The zero-order chi connectivity index (χ0) is 27.3. The summed E-state index contributed by atoms with van der Waals surface area (Å²) in [7, 11) is 4.18. The van der Waals surface area contributed by atoms with Crippen molar-refractivity contribution in [3.63, 3.8) is 0 Å². The van der Waals surface area contributed by atoms with Crippen LogP contribution >= 0.6 is 0 Å². The Balaban J connectivity index is 1.81. The molecule has 0 aliphatic heterocycles. The van der Waals surface area contributed by atoms with E-state index in [1.54, 1.807) is 0 Å². The fraction of sp³-hybridized carbons (Fsp3) is 0.594. The Morgan fingerprint density at radius 2 is 1.97 bits per heavy atom. The van der Waals surface area contributed by atoms with Crippen LogP contribution in [0, 0.1) is 5.92 Å². The van der Waals surface area contributed by atoms with Crippen LogP contribution in [-0.2, 0) is 13.0 Å². The van der Waals surface area contributed by atoms with Crippen molar-refractivity contribution in [2.24, 2.45) is 10.9 Å². The number of amidine groups is 1. The second-order valence-electron chi connectivity index (χ2n) is 11.1. The summed E-state index contributed by atoms with van der Waals surface area (Å²) in [5, 5.41) is 3.32. The number of pyridine rings is 1. The number of aliphatic imine (C=N–C) groups is 1. The van der Waals surface area contributed by atoms with Crippen molar-refractivity contribution >= 4 is 5.84 Å². The smallest absolute Gasteiger partial charge is 0.153 e. The second kappa shape index (κ2) is 15.6. The SMILES string of the molecule is C=C(CCC(C)NC)CCN(C)C(=N/C=C(\C)CC1CCCCC1)c1cnc(Cc2ccncc2)n1CC. The molecule has 1 unspecified atom stereocenters. The number of nitrogens with zero attached hydrogens (tertiary/aromatic N) is 5. The van der Waals surface area contributed by atoms with Crippen LogP contribution in [0.2, 0.25) is 0 Å². The molecule has 0 spiro atoms. The number of rotatable bonds is 14. The minimum Gasteiger partial charge on any atom is -0.358 e. The van der Waals surface area contributed by atoms with Crippen molar-refractivity contribution in [2.45, 2.75) is 97.6 Å². The molecule has 2 heterocycles. The lowest BCUT2D eigenvalue weighted by molar-refractivity contribution is 0.356. The van der Waals surface area contributed by atoms with Gasteiger partial charge in [0.15, 0.2) is 5.84 Å². The van der Waals surface area contributed by atoms with Crippen LogP contribution in [0.15, 0.2) is 59.6 Å². The molecule has 0 aromatic carbocycles. The number of nitrogens with one attached hydrogen (secondary N) is 1. The quantitative estimate of drug-likeness (QED) is 0.170. The van der Waals surface area contributed by atoms with E-state index in [4.69, 9.17) is 9.98 Å². The van der Waals surface area contributed by atoms with Crippen molar-refractivity contribution in [1.29, 1.82) is 0 Å². The number of hydrogen-bond acceptors (Lipinski definition) is 4. The zero-order valence-corrected chi connectivity index (χ0v) is 24.5. The molecule has 1 aliphatic carbocycles. The van der Waals surface area contributed by atoms with Crippen LogP contribution in [-0.4, -0.2) is 52.0 Å². The van der Waals surface area contributed by atoms with Crippen molar-refractivity contribution in [1.82, 2.24) is 24.8 Å². The van der Waals surface area contributed by atoms with Crippen LogP contribution in [0.1, 0.15) is 95.6 Å². The molecule has 1 saturated carbocycles. The summed E-state index contributed by atoms with van der Waals surface area (Å²) in [6.07, 6.45) is 19.7. The predicted molar refractivity (Wildman–Crippen MR) is 161 cm³/mol. The first-order valence-electron chi connectivity index (χ1n) is 14.6. The third-order valence-corrected chi connectivity index (χ3v) is 7.92. The molecule has 3 rings (SSSR count). The molecule has 0 saturated heterocycles. The van der Waals surface area contributed by atoms with Crippen molar-refractivity contribution in [3.8, 4) is 0 Å². The fourth-order valence-corrected chi connectivity index (χ4v) is 5.32. The molecule has 208 valence electrons. The summed E-state index contributed by atoms with van der Waals surface area (Å²) < 4.78 is 2.31. The third-order valence-electron chi connectivity index (χ3n) is 7.92. The van der Waals surface area contributed by atoms with Crippen LogP contribution < -0.4 is 5.32 Å². The largest absolute Gasteiger partial charge is 0.358 e. The summed E-state index contributed by atoms with van der Waals surface area (Å²) >= 11 is 0. The summed E-state index contributed by atoms with van der Waals surface area (Å²) in [4.78, 5) is 16.4. The van der Waals surface area contributed by atoms with Gasteiger partial charge in [0.2, 0.25) is 0 Å². The first kappa shape index (κ1) is 29.8. The predicted octanol–water partition coefficient (Wildman–Crippen LogP) is 6.78. The van der Waals surface area contributed by atoms with Gasteiger partial charge in [-0.25, -0.2) is 9.98 Å². The molecule has 1 aliphatic rings. The Morgan fingerprint density at radius 1 is 1.24 bits per heavy atom. The second-order valence-corrected chi connectivity index (χ2v) is 11.1. The average Bonchev–Trinajstić information content (AvgIpc) is 3.33. The van der Waals surface area contributed by atoms with E-state index in [-0.39, 0.29) is 0 Å². The maximum Gasteiger partial charge on any atom is 0.153 e. The van der Waals surface area contributed by atoms with E-state index in [1.165, 1.54) is 48.8 Å². The van der Waals surface area contributed by atoms with Crippen LogP contribution in [0.5, 0.6) is 0 Å². The van der Waals surface area contributed by atoms with Crippen molar-refractivity contribution < 1.29 is 0 Å². The van der Waals surface area contributed by atoms with Gasteiger partial charge in [-0.15, -0.1) is 0 Å². The fourth-order valence-electron chi connectivity index (χ4n) is 5.32. The lowest BCUT2D eigenvalue weighted by atomic mass is 9.85. The standard InChI is InChI=1S/C32H50N6/c1-7-38-30(24-35-31(38)22-29-15-18-34-19-16-29)32(36-23-26(3)21-28-11-9-8-10-12-28)37(6)20-17-25(2)13-14-27(4)33-5/h15-16,18-19,23-24,27-28,33H,2,7-14,17,20-22H2,1,3-6H3/b26-23+,36-32?. The van der Waals surface area contributed by atoms with Gasteiger partial charge in [-0.2, -0.15) is 0 Å². The lowest BCUT2D eigenvalue weighted by Gasteiger charge is -2.23. The molecule has 0 bridgehead atoms. The van der Waals surface area contributed by atoms with Gasteiger partial charge in [-0.3, -0.25) is 4.98 Å². The number of hydrogen-bond donors (Lipinski definition) is 1. The molecule has 0 radical (unpaired) electrons. The Morgan fingerprint density at radius 3 is 2.66 bits per heavy atom. The first-order valence-corrected chi connectivity index (χ1v) is 14.6. The molecular weight excluding hydrogens is 468 g/mol. The van der Waals surface area contributed by atoms with E-state index < -0.39 is 0 Å². The molecular formula is C32H50N6. The minimum atomic E-state index is 0.511. The molecule has 0 amide bonds. The van der Waals surface area contributed by atoms with Gasteiger partial charge in [0.25, 0.3) is 0 Å². The Labute approximate surface area is 231 Å². The Kier molecular flexibility index (Phi) is 12.3. The third kappa shape index (κ3) is 9.23. The van der Waals surface area contributed by atoms with Gasteiger partial charge in [0.05, 0.1) is 6.20 Å². The zero-order valence-electron chi connectivity index (χ0n) is 24.5. The summed E-state index contributed by atoms with van der Waals surface area (Å²) in [6.45, 7) is 12.7. The highest BCUT2D eigenvalue weighted by molar-refractivity contribution is 5.97. The minimum absolute atomic E-state index is 0.511. The van der Waals surface area contributed by atoms with Gasteiger partial charge in [-0.05, 0) is 77.1 Å². The summed E-state index contributed by atoms with van der Waals surface area (Å²) in [6, 6.07) is 4.64.